The van der Waals surface area contributed by atoms with Crippen LogP contribution in [0.15, 0.2) is 48.9 Å². The van der Waals surface area contributed by atoms with Crippen molar-refractivity contribution in [2.24, 2.45) is 5.92 Å². The number of aromatic nitrogens is 3. The number of nitrogens with one attached hydrogen (secondary N) is 1. The molecule has 144 valence electrons. The van der Waals surface area contributed by atoms with Gasteiger partial charge in [0, 0.05) is 24.7 Å². The number of rotatable bonds is 4. The van der Waals surface area contributed by atoms with E-state index in [9.17, 15) is 4.79 Å². The van der Waals surface area contributed by atoms with Crippen LogP contribution in [0.4, 0.5) is 5.95 Å². The van der Waals surface area contributed by atoms with Gasteiger partial charge in [0.15, 0.2) is 0 Å². The zero-order chi connectivity index (χ0) is 19.5. The van der Waals surface area contributed by atoms with Crippen molar-refractivity contribution in [1.29, 1.82) is 0 Å². The number of hydrogen-bond donors (Lipinski definition) is 1. The van der Waals surface area contributed by atoms with E-state index >= 15 is 0 Å². The highest BCUT2D eigenvalue weighted by Gasteiger charge is 2.33. The second kappa shape index (κ2) is 8.10. The highest BCUT2D eigenvalue weighted by atomic mass is 35.5. The van der Waals surface area contributed by atoms with Gasteiger partial charge in [-0.3, -0.25) is 9.78 Å². The van der Waals surface area contributed by atoms with E-state index in [0.717, 1.165) is 30.2 Å². The van der Waals surface area contributed by atoms with Crippen molar-refractivity contribution in [3.8, 4) is 0 Å². The molecule has 0 spiro atoms. The number of carbonyl (C=O) groups is 1. The Morgan fingerprint density at radius 3 is 2.82 bits per heavy atom. The Kier molecular flexibility index (Phi) is 5.39. The van der Waals surface area contributed by atoms with Crippen LogP contribution in [0.3, 0.4) is 0 Å². The normalized spacial score (nSPS) is 19.6. The van der Waals surface area contributed by atoms with Gasteiger partial charge in [-0.1, -0.05) is 42.8 Å². The molecule has 2 aromatic heterocycles. The summed E-state index contributed by atoms with van der Waals surface area (Å²) in [6.07, 6.45) is 6.90. The third-order valence-corrected chi connectivity index (χ3v) is 5.54. The summed E-state index contributed by atoms with van der Waals surface area (Å²) in [5, 5.41) is 5.66. The van der Waals surface area contributed by atoms with Crippen molar-refractivity contribution in [3.05, 3.63) is 59.6 Å². The van der Waals surface area contributed by atoms with Gasteiger partial charge in [-0.25, -0.2) is 9.97 Å². The molecule has 1 aliphatic rings. The van der Waals surface area contributed by atoms with E-state index in [1.807, 2.05) is 35.2 Å². The lowest BCUT2D eigenvalue weighted by molar-refractivity contribution is 0.0536. The number of benzene rings is 1. The van der Waals surface area contributed by atoms with Crippen molar-refractivity contribution in [2.75, 3.05) is 18.4 Å². The van der Waals surface area contributed by atoms with E-state index in [4.69, 9.17) is 11.6 Å². The van der Waals surface area contributed by atoms with Crippen molar-refractivity contribution < 1.29 is 4.79 Å². The minimum Gasteiger partial charge on any atom is -0.352 e. The van der Waals surface area contributed by atoms with Crippen molar-refractivity contribution in [2.45, 2.75) is 25.8 Å². The van der Waals surface area contributed by atoms with Crippen LogP contribution in [0.25, 0.3) is 10.8 Å². The fourth-order valence-corrected chi connectivity index (χ4v) is 3.94. The first-order chi connectivity index (χ1) is 13.6. The average Bonchev–Trinajstić information content (AvgIpc) is 2.73. The second-order valence-corrected chi connectivity index (χ2v) is 7.61. The molecule has 7 heteroatoms. The van der Waals surface area contributed by atoms with Gasteiger partial charge in [0.05, 0.1) is 23.5 Å². The van der Waals surface area contributed by atoms with Crippen molar-refractivity contribution in [3.63, 3.8) is 0 Å². The number of amides is 1. The summed E-state index contributed by atoms with van der Waals surface area (Å²) in [5.74, 6) is 0.859. The Hall–Kier alpha value is -2.73. The minimum absolute atomic E-state index is 0.0211. The Morgan fingerprint density at radius 1 is 1.21 bits per heavy atom. The number of pyridine rings is 1. The highest BCUT2D eigenvalue weighted by Crippen LogP contribution is 2.27. The van der Waals surface area contributed by atoms with Crippen LogP contribution in [0.2, 0.25) is 5.02 Å². The molecule has 1 N–H and O–H groups in total. The molecule has 1 aromatic carbocycles. The van der Waals surface area contributed by atoms with Crippen LogP contribution < -0.4 is 5.32 Å². The van der Waals surface area contributed by atoms with Crippen LogP contribution in [0, 0.1) is 5.92 Å². The van der Waals surface area contributed by atoms with Crippen molar-refractivity contribution in [1.82, 2.24) is 19.9 Å². The van der Waals surface area contributed by atoms with Crippen LogP contribution >= 0.6 is 11.6 Å². The first-order valence-corrected chi connectivity index (χ1v) is 9.87. The molecular weight excluding hydrogens is 374 g/mol. The predicted octanol–water partition coefficient (Wildman–Crippen LogP) is 4.03. The number of likely N-dealkylation sites (tertiary alicyclic amines) is 1. The molecule has 0 radical (unpaired) electrons. The maximum Gasteiger partial charge on any atom is 0.273 e. The molecule has 1 amide bonds. The number of fused-ring (bicyclic) bond motifs is 1. The number of anilines is 1. The van der Waals surface area contributed by atoms with E-state index in [-0.39, 0.29) is 11.9 Å². The Labute approximate surface area is 169 Å². The van der Waals surface area contributed by atoms with E-state index in [0.29, 0.717) is 29.1 Å². The number of halogens is 1. The summed E-state index contributed by atoms with van der Waals surface area (Å²) in [5.41, 5.74) is 0.514. The van der Waals surface area contributed by atoms with E-state index in [1.54, 1.807) is 18.6 Å². The molecule has 0 aliphatic carbocycles. The first-order valence-electron chi connectivity index (χ1n) is 9.49. The molecule has 1 aliphatic heterocycles. The van der Waals surface area contributed by atoms with Crippen LogP contribution in [-0.4, -0.2) is 44.9 Å². The lowest BCUT2D eigenvalue weighted by Crippen LogP contribution is -2.51. The van der Waals surface area contributed by atoms with Gasteiger partial charge in [-0.2, -0.15) is 0 Å². The largest absolute Gasteiger partial charge is 0.352 e. The minimum atomic E-state index is -0.0211. The first kappa shape index (κ1) is 18.6. The monoisotopic (exact) mass is 395 g/mol. The smallest absolute Gasteiger partial charge is 0.273 e. The molecule has 0 unspecified atom stereocenters. The summed E-state index contributed by atoms with van der Waals surface area (Å²) < 4.78 is 0. The lowest BCUT2D eigenvalue weighted by Gasteiger charge is -2.40. The zero-order valence-corrected chi connectivity index (χ0v) is 16.4. The third kappa shape index (κ3) is 3.78. The molecular formula is C21H22ClN5O. The number of nitrogens with zero attached hydrogens (tertiary/aromatic N) is 4. The second-order valence-electron chi connectivity index (χ2n) is 7.17. The molecule has 0 bridgehead atoms. The highest BCUT2D eigenvalue weighted by molar-refractivity contribution is 6.30. The average molecular weight is 396 g/mol. The topological polar surface area (TPSA) is 71.0 Å². The molecule has 3 aromatic rings. The maximum atomic E-state index is 13.4. The number of hydrogen-bond acceptors (Lipinski definition) is 5. The zero-order valence-electron chi connectivity index (χ0n) is 15.7. The standard InChI is InChI=1S/C21H22ClN5O/c1-14-5-4-10-27(18(14)13-26-21-24-11-16(22)12-25-21)20(28)19-17-7-3-2-6-15(17)8-9-23-19/h2-3,6-9,11-12,14,18H,4-5,10,13H2,1H3,(H,24,25,26)/t14-,18-/m1/s1. The summed E-state index contributed by atoms with van der Waals surface area (Å²) in [6, 6.07) is 9.85. The Bertz CT molecular complexity index is 973. The molecule has 1 fully saturated rings. The Morgan fingerprint density at radius 2 is 2.00 bits per heavy atom. The molecule has 4 rings (SSSR count). The fraction of sp³-hybridized carbons (Fsp3) is 0.333. The van der Waals surface area contributed by atoms with Gasteiger partial charge in [0.1, 0.15) is 5.69 Å². The van der Waals surface area contributed by atoms with Gasteiger partial charge in [0.25, 0.3) is 5.91 Å². The van der Waals surface area contributed by atoms with Gasteiger partial charge < -0.3 is 10.2 Å². The molecule has 0 saturated carbocycles. The van der Waals surface area contributed by atoms with Crippen molar-refractivity contribution >= 4 is 34.2 Å². The maximum absolute atomic E-state index is 13.4. The summed E-state index contributed by atoms with van der Waals surface area (Å²) in [4.78, 5) is 28.2. The van der Waals surface area contributed by atoms with E-state index < -0.39 is 0 Å². The number of carbonyl (C=O) groups excluding carboxylic acids is 1. The van der Waals surface area contributed by atoms with Gasteiger partial charge in [0.2, 0.25) is 5.95 Å². The molecule has 6 nitrogen and oxygen atoms in total. The quantitative estimate of drug-likeness (QED) is 0.722. The SMILES string of the molecule is C[C@@H]1CCCN(C(=O)c2nccc3ccccc23)[C@@H]1CNc1ncc(Cl)cn1. The molecule has 2 atom stereocenters. The van der Waals surface area contributed by atoms with Gasteiger partial charge in [-0.05, 0) is 30.2 Å². The van der Waals surface area contributed by atoms with Crippen LogP contribution in [0.1, 0.15) is 30.3 Å². The molecule has 28 heavy (non-hydrogen) atoms. The van der Waals surface area contributed by atoms with E-state index in [2.05, 4.69) is 27.2 Å². The van der Waals surface area contributed by atoms with Gasteiger partial charge in [-0.15, -0.1) is 0 Å². The predicted molar refractivity (Wildman–Crippen MR) is 110 cm³/mol. The molecule has 1 saturated heterocycles. The summed E-state index contributed by atoms with van der Waals surface area (Å²) in [7, 11) is 0. The lowest BCUT2D eigenvalue weighted by atomic mass is 9.90. The summed E-state index contributed by atoms with van der Waals surface area (Å²) >= 11 is 5.85. The fourth-order valence-electron chi connectivity index (χ4n) is 3.84. The number of piperidine rings is 1. The van der Waals surface area contributed by atoms with Crippen LogP contribution in [-0.2, 0) is 0 Å². The third-order valence-electron chi connectivity index (χ3n) is 5.34. The van der Waals surface area contributed by atoms with E-state index in [1.165, 1.54) is 0 Å². The Balaban J connectivity index is 1.58. The molecule has 3 heterocycles. The summed E-state index contributed by atoms with van der Waals surface area (Å²) in [6.45, 7) is 3.49. The van der Waals surface area contributed by atoms with Crippen LogP contribution in [0.5, 0.6) is 0 Å². The van der Waals surface area contributed by atoms with Gasteiger partial charge >= 0.3 is 0 Å².